The number of rotatable bonds is 3. The van der Waals surface area contributed by atoms with Crippen molar-refractivity contribution in [3.8, 4) is 0 Å². The Bertz CT molecular complexity index is 381. The predicted molar refractivity (Wildman–Crippen MR) is 58.7 cm³/mol. The summed E-state index contributed by atoms with van der Waals surface area (Å²) < 4.78 is 4.42. The van der Waals surface area contributed by atoms with Crippen molar-refractivity contribution in [2.24, 2.45) is 0 Å². The van der Waals surface area contributed by atoms with E-state index in [0.717, 1.165) is 16.5 Å². The molecule has 1 rings (SSSR count). The van der Waals surface area contributed by atoms with Crippen LogP contribution >= 0.6 is 12.6 Å². The SMILES string of the molecule is C=CC(=O)OC(=O)Cc1ccc(S)cc1. The molecule has 0 aliphatic carbocycles. The first-order valence-corrected chi connectivity index (χ1v) is 4.71. The van der Waals surface area contributed by atoms with Crippen LogP contribution in [0.2, 0.25) is 0 Å². The van der Waals surface area contributed by atoms with Crippen LogP contribution in [-0.2, 0) is 20.7 Å². The van der Waals surface area contributed by atoms with Gasteiger partial charge < -0.3 is 4.74 Å². The van der Waals surface area contributed by atoms with Gasteiger partial charge in [0.25, 0.3) is 0 Å². The largest absolute Gasteiger partial charge is 0.390 e. The Morgan fingerprint density at radius 1 is 1.33 bits per heavy atom. The Kier molecular flexibility index (Phi) is 4.12. The van der Waals surface area contributed by atoms with E-state index in [1.165, 1.54) is 0 Å². The maximum absolute atomic E-state index is 11.2. The summed E-state index contributed by atoms with van der Waals surface area (Å²) in [5.74, 6) is -1.32. The summed E-state index contributed by atoms with van der Waals surface area (Å²) in [7, 11) is 0. The second kappa shape index (κ2) is 5.36. The zero-order valence-electron chi connectivity index (χ0n) is 7.97. The Balaban J connectivity index is 2.55. The third-order valence-corrected chi connectivity index (χ3v) is 1.96. The summed E-state index contributed by atoms with van der Waals surface area (Å²) in [5, 5.41) is 0. The summed E-state index contributed by atoms with van der Waals surface area (Å²) in [5.41, 5.74) is 0.773. The van der Waals surface area contributed by atoms with Crippen molar-refractivity contribution in [3.05, 3.63) is 42.5 Å². The van der Waals surface area contributed by atoms with E-state index in [4.69, 9.17) is 0 Å². The average Bonchev–Trinajstić information content (AvgIpc) is 2.21. The Labute approximate surface area is 93.2 Å². The van der Waals surface area contributed by atoms with Crippen LogP contribution in [0.25, 0.3) is 0 Å². The lowest BCUT2D eigenvalue weighted by Crippen LogP contribution is -2.12. The van der Waals surface area contributed by atoms with Gasteiger partial charge in [-0.25, -0.2) is 4.79 Å². The molecule has 78 valence electrons. The number of benzene rings is 1. The number of ether oxygens (including phenoxy) is 1. The predicted octanol–water partition coefficient (Wildman–Crippen LogP) is 1.77. The van der Waals surface area contributed by atoms with E-state index >= 15 is 0 Å². The first kappa shape index (κ1) is 11.5. The number of hydrogen-bond acceptors (Lipinski definition) is 4. The highest BCUT2D eigenvalue weighted by Crippen LogP contribution is 2.08. The topological polar surface area (TPSA) is 43.4 Å². The van der Waals surface area contributed by atoms with Crippen LogP contribution in [0.4, 0.5) is 0 Å². The molecule has 0 N–H and O–H groups in total. The molecule has 0 fully saturated rings. The number of esters is 2. The molecule has 0 saturated heterocycles. The maximum atomic E-state index is 11.2. The van der Waals surface area contributed by atoms with Gasteiger partial charge in [-0.15, -0.1) is 12.6 Å². The highest BCUT2D eigenvalue weighted by molar-refractivity contribution is 7.80. The summed E-state index contributed by atoms with van der Waals surface area (Å²) in [6.45, 7) is 3.20. The third-order valence-electron chi connectivity index (χ3n) is 1.67. The molecule has 0 spiro atoms. The van der Waals surface area contributed by atoms with Crippen LogP contribution in [0.5, 0.6) is 0 Å². The molecule has 0 heterocycles. The molecule has 4 heteroatoms. The van der Waals surface area contributed by atoms with Gasteiger partial charge in [0.05, 0.1) is 6.42 Å². The number of carbonyl (C=O) groups excluding carboxylic acids is 2. The number of thiol groups is 1. The highest BCUT2D eigenvalue weighted by atomic mass is 32.1. The van der Waals surface area contributed by atoms with E-state index in [-0.39, 0.29) is 6.42 Å². The van der Waals surface area contributed by atoms with Gasteiger partial charge in [0, 0.05) is 11.0 Å². The van der Waals surface area contributed by atoms with Crippen LogP contribution in [0.1, 0.15) is 5.56 Å². The molecule has 0 amide bonds. The molecule has 0 saturated carbocycles. The maximum Gasteiger partial charge on any atom is 0.337 e. The van der Waals surface area contributed by atoms with Crippen molar-refractivity contribution >= 4 is 24.6 Å². The van der Waals surface area contributed by atoms with Crippen molar-refractivity contribution < 1.29 is 14.3 Å². The first-order chi connectivity index (χ1) is 7.11. The molecule has 0 atom stereocenters. The lowest BCUT2D eigenvalue weighted by Gasteiger charge is -2.00. The molecule has 0 radical (unpaired) electrons. The van der Waals surface area contributed by atoms with Gasteiger partial charge in [-0.1, -0.05) is 18.7 Å². The zero-order chi connectivity index (χ0) is 11.3. The highest BCUT2D eigenvalue weighted by Gasteiger charge is 2.07. The third kappa shape index (κ3) is 3.99. The normalized spacial score (nSPS) is 9.40. The molecular formula is C11H10O3S. The van der Waals surface area contributed by atoms with Crippen LogP contribution in [-0.4, -0.2) is 11.9 Å². The summed E-state index contributed by atoms with van der Waals surface area (Å²) in [6.07, 6.45) is 1.02. The molecule has 0 unspecified atom stereocenters. The van der Waals surface area contributed by atoms with Gasteiger partial charge in [0.15, 0.2) is 0 Å². The molecule has 0 aliphatic heterocycles. The number of hydrogen-bond donors (Lipinski definition) is 1. The summed E-state index contributed by atoms with van der Waals surface area (Å²) >= 11 is 4.11. The van der Waals surface area contributed by atoms with E-state index in [1.807, 2.05) is 0 Å². The molecular weight excluding hydrogens is 212 g/mol. The lowest BCUT2D eigenvalue weighted by molar-refractivity contribution is -0.155. The van der Waals surface area contributed by atoms with Crippen LogP contribution in [0, 0.1) is 0 Å². The zero-order valence-corrected chi connectivity index (χ0v) is 8.87. The van der Waals surface area contributed by atoms with Crippen molar-refractivity contribution in [3.63, 3.8) is 0 Å². The van der Waals surface area contributed by atoms with E-state index in [1.54, 1.807) is 24.3 Å². The fourth-order valence-corrected chi connectivity index (χ4v) is 1.12. The van der Waals surface area contributed by atoms with Gasteiger partial charge in [0.2, 0.25) is 0 Å². The monoisotopic (exact) mass is 222 g/mol. The van der Waals surface area contributed by atoms with E-state index < -0.39 is 11.9 Å². The fraction of sp³-hybridized carbons (Fsp3) is 0.0909. The molecule has 1 aromatic rings. The second-order valence-corrected chi connectivity index (χ2v) is 3.36. The first-order valence-electron chi connectivity index (χ1n) is 4.27. The standard InChI is InChI=1S/C11H10O3S/c1-2-10(12)14-11(13)7-8-3-5-9(15)6-4-8/h2-6,15H,1,7H2. The van der Waals surface area contributed by atoms with Gasteiger partial charge in [0.1, 0.15) is 0 Å². The minimum atomic E-state index is -0.731. The van der Waals surface area contributed by atoms with Crippen LogP contribution in [0.15, 0.2) is 41.8 Å². The summed E-state index contributed by atoms with van der Waals surface area (Å²) in [4.78, 5) is 22.7. The van der Waals surface area contributed by atoms with Crippen molar-refractivity contribution in [1.29, 1.82) is 0 Å². The van der Waals surface area contributed by atoms with E-state index in [0.29, 0.717) is 0 Å². The Morgan fingerprint density at radius 3 is 2.47 bits per heavy atom. The number of carbonyl (C=O) groups is 2. The minimum Gasteiger partial charge on any atom is -0.390 e. The van der Waals surface area contributed by atoms with Gasteiger partial charge in [-0.3, -0.25) is 4.79 Å². The Morgan fingerprint density at radius 2 is 1.93 bits per heavy atom. The molecule has 0 aromatic heterocycles. The smallest absolute Gasteiger partial charge is 0.337 e. The molecule has 15 heavy (non-hydrogen) atoms. The van der Waals surface area contributed by atoms with Crippen molar-refractivity contribution in [1.82, 2.24) is 0 Å². The van der Waals surface area contributed by atoms with Gasteiger partial charge in [-0.2, -0.15) is 0 Å². The molecule has 0 bridgehead atoms. The quantitative estimate of drug-likeness (QED) is 0.367. The van der Waals surface area contributed by atoms with Crippen LogP contribution < -0.4 is 0 Å². The van der Waals surface area contributed by atoms with Gasteiger partial charge >= 0.3 is 11.9 Å². The molecule has 3 nitrogen and oxygen atoms in total. The average molecular weight is 222 g/mol. The Hall–Kier alpha value is -1.55. The molecule has 1 aromatic carbocycles. The fourth-order valence-electron chi connectivity index (χ4n) is 0.970. The molecule has 0 aliphatic rings. The van der Waals surface area contributed by atoms with Crippen molar-refractivity contribution in [2.75, 3.05) is 0 Å². The minimum absolute atomic E-state index is 0.0631. The van der Waals surface area contributed by atoms with Gasteiger partial charge in [-0.05, 0) is 17.7 Å². The van der Waals surface area contributed by atoms with Crippen LogP contribution in [0.3, 0.4) is 0 Å². The van der Waals surface area contributed by atoms with E-state index in [2.05, 4.69) is 23.9 Å². The van der Waals surface area contributed by atoms with Crippen molar-refractivity contribution in [2.45, 2.75) is 11.3 Å². The lowest BCUT2D eigenvalue weighted by atomic mass is 10.1. The second-order valence-electron chi connectivity index (χ2n) is 2.84. The van der Waals surface area contributed by atoms with E-state index in [9.17, 15) is 9.59 Å². The summed E-state index contributed by atoms with van der Waals surface area (Å²) in [6, 6.07) is 7.03.